The van der Waals surface area contributed by atoms with Crippen molar-refractivity contribution in [1.82, 2.24) is 14.7 Å². The van der Waals surface area contributed by atoms with Crippen molar-refractivity contribution in [3.63, 3.8) is 0 Å². The van der Waals surface area contributed by atoms with Gasteiger partial charge in [-0.25, -0.2) is 4.79 Å². The Morgan fingerprint density at radius 2 is 1.15 bits per heavy atom. The lowest BCUT2D eigenvalue weighted by Crippen LogP contribution is -2.44. The van der Waals surface area contributed by atoms with Crippen LogP contribution in [0.2, 0.25) is 0 Å². The quantitative estimate of drug-likeness (QED) is 0.713. The molecule has 0 aliphatic carbocycles. The topological polar surface area (TPSA) is 118 Å². The van der Waals surface area contributed by atoms with Crippen molar-refractivity contribution in [2.24, 2.45) is 0 Å². The second-order valence-electron chi connectivity index (χ2n) is 6.90. The van der Waals surface area contributed by atoms with Gasteiger partial charge in [0.2, 0.25) is 11.8 Å². The summed E-state index contributed by atoms with van der Waals surface area (Å²) >= 11 is 0. The van der Waals surface area contributed by atoms with Gasteiger partial charge < -0.3 is 19.4 Å². The van der Waals surface area contributed by atoms with Gasteiger partial charge in [-0.15, -0.1) is 0 Å². The molecule has 1 aliphatic rings. The van der Waals surface area contributed by atoms with Crippen LogP contribution in [0.15, 0.2) is 0 Å². The normalized spacial score (nSPS) is 15.8. The van der Waals surface area contributed by atoms with Crippen molar-refractivity contribution in [2.45, 2.75) is 39.2 Å². The van der Waals surface area contributed by atoms with Crippen LogP contribution >= 0.6 is 0 Å². The Kier molecular flexibility index (Phi) is 7.85. The number of nitriles is 2. The Hall–Kier alpha value is -2.81. The lowest BCUT2D eigenvalue weighted by molar-refractivity contribution is -0.133. The molecule has 26 heavy (non-hydrogen) atoms. The van der Waals surface area contributed by atoms with Crippen LogP contribution in [0.4, 0.5) is 4.79 Å². The summed E-state index contributed by atoms with van der Waals surface area (Å²) in [5.74, 6) is -0.711. The van der Waals surface area contributed by atoms with Crippen molar-refractivity contribution in [2.75, 3.05) is 39.3 Å². The summed E-state index contributed by atoms with van der Waals surface area (Å²) < 4.78 is 5.38. The molecule has 0 N–H and O–H groups in total. The molecule has 3 amide bonds. The van der Waals surface area contributed by atoms with Gasteiger partial charge in [0.15, 0.2) is 0 Å². The fourth-order valence-electron chi connectivity index (χ4n) is 2.43. The van der Waals surface area contributed by atoms with Gasteiger partial charge in [0, 0.05) is 39.3 Å². The zero-order chi connectivity index (χ0) is 19.7. The van der Waals surface area contributed by atoms with Gasteiger partial charge in [0.1, 0.15) is 18.4 Å². The number of carbonyl (C=O) groups is 3. The second kappa shape index (κ2) is 9.62. The van der Waals surface area contributed by atoms with Crippen LogP contribution in [0, 0.1) is 22.7 Å². The van der Waals surface area contributed by atoms with Crippen LogP contribution in [0.5, 0.6) is 0 Å². The standard InChI is InChI=1S/C17H25N5O4/c1-17(2,3)26-16(25)22-12-10-20(14(23)4-6-18)8-9-21(11-13-22)15(24)5-7-19/h4-5,8-13H2,1-3H3. The molecule has 0 aromatic heterocycles. The Morgan fingerprint density at radius 3 is 1.46 bits per heavy atom. The summed E-state index contributed by atoms with van der Waals surface area (Å²) in [7, 11) is 0. The van der Waals surface area contributed by atoms with Gasteiger partial charge in [-0.1, -0.05) is 0 Å². The molecular weight excluding hydrogens is 338 g/mol. The molecule has 1 fully saturated rings. The highest BCUT2D eigenvalue weighted by molar-refractivity contribution is 5.79. The molecule has 0 bridgehead atoms. The van der Waals surface area contributed by atoms with Gasteiger partial charge in [0.25, 0.3) is 0 Å². The van der Waals surface area contributed by atoms with Crippen LogP contribution in [0.1, 0.15) is 33.6 Å². The van der Waals surface area contributed by atoms with Crippen molar-refractivity contribution in [3.05, 3.63) is 0 Å². The third kappa shape index (κ3) is 6.98. The van der Waals surface area contributed by atoms with Gasteiger partial charge in [-0.2, -0.15) is 10.5 Å². The van der Waals surface area contributed by atoms with Gasteiger partial charge in [-0.05, 0) is 20.8 Å². The maximum atomic E-state index is 12.4. The van der Waals surface area contributed by atoms with Crippen molar-refractivity contribution >= 4 is 17.9 Å². The number of hydrogen-bond acceptors (Lipinski definition) is 6. The van der Waals surface area contributed by atoms with Crippen LogP contribution in [-0.2, 0) is 14.3 Å². The average molecular weight is 363 g/mol. The number of hydrogen-bond donors (Lipinski definition) is 0. The molecule has 0 aromatic rings. The van der Waals surface area contributed by atoms with E-state index < -0.39 is 11.7 Å². The van der Waals surface area contributed by atoms with Gasteiger partial charge in [-0.3, -0.25) is 9.59 Å². The van der Waals surface area contributed by atoms with E-state index in [1.165, 1.54) is 14.7 Å². The smallest absolute Gasteiger partial charge is 0.410 e. The molecule has 0 atom stereocenters. The van der Waals surface area contributed by atoms with E-state index in [9.17, 15) is 14.4 Å². The molecule has 142 valence electrons. The highest BCUT2D eigenvalue weighted by Crippen LogP contribution is 2.11. The number of nitrogens with zero attached hydrogens (tertiary/aromatic N) is 5. The summed E-state index contributed by atoms with van der Waals surface area (Å²) in [5, 5.41) is 17.5. The van der Waals surface area contributed by atoms with E-state index in [-0.39, 0.29) is 63.9 Å². The maximum Gasteiger partial charge on any atom is 0.410 e. The largest absolute Gasteiger partial charge is 0.444 e. The number of rotatable bonds is 2. The minimum atomic E-state index is -0.665. The lowest BCUT2D eigenvalue weighted by Gasteiger charge is -2.29. The number of ether oxygens (including phenoxy) is 1. The fraction of sp³-hybridized carbons (Fsp3) is 0.706. The lowest BCUT2D eigenvalue weighted by atomic mass is 10.2. The third-order valence-corrected chi connectivity index (χ3v) is 3.74. The number of carbonyl (C=O) groups excluding carboxylic acids is 3. The van der Waals surface area contributed by atoms with Crippen molar-refractivity contribution in [1.29, 1.82) is 10.5 Å². The SMILES string of the molecule is CC(C)(C)OC(=O)N1CCN(C(=O)CC#N)CCN(C(=O)CC#N)CC1. The van der Waals surface area contributed by atoms with Crippen LogP contribution in [0.25, 0.3) is 0 Å². The first-order valence-corrected chi connectivity index (χ1v) is 8.45. The fourth-order valence-corrected chi connectivity index (χ4v) is 2.43. The summed E-state index contributed by atoms with van der Waals surface area (Å²) in [6.07, 6.45) is -1.06. The molecule has 0 radical (unpaired) electrons. The Labute approximate surface area is 153 Å². The first kappa shape index (κ1) is 21.2. The molecular formula is C17H25N5O4. The number of amides is 3. The second-order valence-corrected chi connectivity index (χ2v) is 6.90. The third-order valence-electron chi connectivity index (χ3n) is 3.74. The van der Waals surface area contributed by atoms with Gasteiger partial charge >= 0.3 is 6.09 Å². The van der Waals surface area contributed by atoms with E-state index in [1.807, 2.05) is 12.1 Å². The van der Waals surface area contributed by atoms with Crippen molar-refractivity contribution in [3.8, 4) is 12.1 Å². The minimum Gasteiger partial charge on any atom is -0.444 e. The monoisotopic (exact) mass is 363 g/mol. The summed E-state index contributed by atoms with van der Waals surface area (Å²) in [4.78, 5) is 40.9. The van der Waals surface area contributed by atoms with Crippen LogP contribution < -0.4 is 0 Å². The van der Waals surface area contributed by atoms with Gasteiger partial charge in [0.05, 0.1) is 12.1 Å². The Balaban J connectivity index is 2.94. The maximum absolute atomic E-state index is 12.4. The Morgan fingerprint density at radius 1 is 0.808 bits per heavy atom. The molecule has 1 aliphatic heterocycles. The molecule has 1 saturated heterocycles. The highest BCUT2D eigenvalue weighted by atomic mass is 16.6. The first-order chi connectivity index (χ1) is 12.2. The predicted molar refractivity (Wildman–Crippen MR) is 91.4 cm³/mol. The molecule has 1 rings (SSSR count). The molecule has 0 aromatic carbocycles. The summed E-state index contributed by atoms with van der Waals surface area (Å²) in [6.45, 7) is 6.75. The molecule has 0 spiro atoms. The molecule has 1 heterocycles. The van der Waals surface area contributed by atoms with E-state index in [4.69, 9.17) is 15.3 Å². The van der Waals surface area contributed by atoms with E-state index in [2.05, 4.69) is 0 Å². The molecule has 0 unspecified atom stereocenters. The average Bonchev–Trinajstić information content (AvgIpc) is 2.64. The van der Waals surface area contributed by atoms with E-state index >= 15 is 0 Å². The van der Waals surface area contributed by atoms with E-state index in [1.54, 1.807) is 20.8 Å². The molecule has 0 saturated carbocycles. The zero-order valence-electron chi connectivity index (χ0n) is 15.5. The first-order valence-electron chi connectivity index (χ1n) is 8.45. The summed E-state index contributed by atoms with van der Waals surface area (Å²) in [6, 6.07) is 3.63. The van der Waals surface area contributed by atoms with Crippen molar-refractivity contribution < 1.29 is 19.1 Å². The minimum absolute atomic E-state index is 0.242. The van der Waals surface area contributed by atoms with Crippen LogP contribution in [0.3, 0.4) is 0 Å². The Bertz CT molecular complexity index is 574. The highest BCUT2D eigenvalue weighted by Gasteiger charge is 2.26. The molecule has 9 nitrogen and oxygen atoms in total. The van der Waals surface area contributed by atoms with Crippen LogP contribution in [-0.4, -0.2) is 77.5 Å². The predicted octanol–water partition coefficient (Wildman–Crippen LogP) is 0.722. The molecule has 9 heteroatoms. The zero-order valence-corrected chi connectivity index (χ0v) is 15.5. The van der Waals surface area contributed by atoms with E-state index in [0.29, 0.717) is 0 Å². The summed E-state index contributed by atoms with van der Waals surface area (Å²) in [5.41, 5.74) is -0.665. The van der Waals surface area contributed by atoms with E-state index in [0.717, 1.165) is 0 Å².